The second-order valence-corrected chi connectivity index (χ2v) is 7.56. The van der Waals surface area contributed by atoms with E-state index < -0.39 is 17.7 Å². The number of rotatable bonds is 6. The Morgan fingerprint density at radius 2 is 1.90 bits per heavy atom. The molecule has 0 saturated carbocycles. The lowest BCUT2D eigenvalue weighted by atomic mass is 9.94. The standard InChI is InChI=1S/C24H25NO6/c1-29-16-10-11-18(19(13-16)30-2)21-20(22(26)15-7-4-3-5-8-15)23(27)24(28)25(21)14-17-9-6-12-31-17/h3-5,7-8,10-11,13,17,21,26H,6,9,12,14H2,1-2H3/t17-,21-/m0/s1. The average Bonchev–Trinajstić information content (AvgIpc) is 3.41. The molecule has 0 aliphatic carbocycles. The third kappa shape index (κ3) is 3.88. The van der Waals surface area contributed by atoms with Crippen LogP contribution in [0.2, 0.25) is 0 Å². The van der Waals surface area contributed by atoms with Crippen molar-refractivity contribution in [3.05, 3.63) is 65.2 Å². The average molecular weight is 423 g/mol. The van der Waals surface area contributed by atoms with Crippen molar-refractivity contribution in [3.8, 4) is 11.5 Å². The van der Waals surface area contributed by atoms with Crippen LogP contribution in [0.25, 0.3) is 5.76 Å². The van der Waals surface area contributed by atoms with Gasteiger partial charge < -0.3 is 24.2 Å². The zero-order valence-electron chi connectivity index (χ0n) is 17.5. The predicted molar refractivity (Wildman–Crippen MR) is 114 cm³/mol. The van der Waals surface area contributed by atoms with E-state index in [9.17, 15) is 14.7 Å². The van der Waals surface area contributed by atoms with Crippen molar-refractivity contribution in [2.45, 2.75) is 25.0 Å². The minimum absolute atomic E-state index is 0.0395. The number of methoxy groups -OCH3 is 2. The van der Waals surface area contributed by atoms with Gasteiger partial charge in [-0.05, 0) is 25.0 Å². The smallest absolute Gasteiger partial charge is 0.295 e. The lowest BCUT2D eigenvalue weighted by molar-refractivity contribution is -0.140. The summed E-state index contributed by atoms with van der Waals surface area (Å²) < 4.78 is 16.6. The molecule has 162 valence electrons. The molecule has 2 saturated heterocycles. The van der Waals surface area contributed by atoms with E-state index in [0.29, 0.717) is 29.2 Å². The van der Waals surface area contributed by atoms with Gasteiger partial charge in [-0.25, -0.2) is 0 Å². The normalized spacial score (nSPS) is 22.7. The Morgan fingerprint density at radius 3 is 2.55 bits per heavy atom. The molecule has 0 unspecified atom stereocenters. The summed E-state index contributed by atoms with van der Waals surface area (Å²) in [6, 6.07) is 13.1. The molecule has 1 N–H and O–H groups in total. The summed E-state index contributed by atoms with van der Waals surface area (Å²) in [5.74, 6) is -0.544. The maximum atomic E-state index is 13.1. The van der Waals surface area contributed by atoms with Crippen molar-refractivity contribution in [2.24, 2.45) is 0 Å². The molecule has 0 bridgehead atoms. The number of amides is 1. The van der Waals surface area contributed by atoms with Crippen molar-refractivity contribution < 1.29 is 28.9 Å². The summed E-state index contributed by atoms with van der Waals surface area (Å²) in [6.45, 7) is 0.894. The van der Waals surface area contributed by atoms with Crippen molar-refractivity contribution >= 4 is 17.4 Å². The fourth-order valence-electron chi connectivity index (χ4n) is 4.20. The van der Waals surface area contributed by atoms with Crippen LogP contribution in [-0.4, -0.2) is 55.2 Å². The van der Waals surface area contributed by atoms with Crippen molar-refractivity contribution in [1.82, 2.24) is 4.90 Å². The number of nitrogens with zero attached hydrogens (tertiary/aromatic N) is 1. The molecule has 31 heavy (non-hydrogen) atoms. The van der Waals surface area contributed by atoms with E-state index in [1.807, 2.05) is 6.07 Å². The third-order valence-corrected chi connectivity index (χ3v) is 5.75. The highest BCUT2D eigenvalue weighted by Crippen LogP contribution is 2.44. The van der Waals surface area contributed by atoms with Crippen LogP contribution < -0.4 is 9.47 Å². The molecule has 4 rings (SSSR count). The molecule has 7 nitrogen and oxygen atoms in total. The quantitative estimate of drug-likeness (QED) is 0.436. The molecule has 2 heterocycles. The van der Waals surface area contributed by atoms with Crippen LogP contribution in [0.15, 0.2) is 54.1 Å². The number of aliphatic hydroxyl groups is 1. The molecule has 0 aromatic heterocycles. The van der Waals surface area contributed by atoms with Gasteiger partial charge in [0.2, 0.25) is 0 Å². The van der Waals surface area contributed by atoms with E-state index in [0.717, 1.165) is 12.8 Å². The number of aliphatic hydroxyl groups excluding tert-OH is 1. The summed E-state index contributed by atoms with van der Waals surface area (Å²) in [5.41, 5.74) is 1.10. The van der Waals surface area contributed by atoms with Crippen molar-refractivity contribution in [3.63, 3.8) is 0 Å². The lowest BCUT2D eigenvalue weighted by Gasteiger charge is -2.28. The lowest BCUT2D eigenvalue weighted by Crippen LogP contribution is -2.36. The summed E-state index contributed by atoms with van der Waals surface area (Å²) in [4.78, 5) is 27.6. The maximum absolute atomic E-state index is 13.1. The largest absolute Gasteiger partial charge is 0.507 e. The minimum Gasteiger partial charge on any atom is -0.507 e. The zero-order valence-corrected chi connectivity index (χ0v) is 17.5. The Bertz CT molecular complexity index is 1010. The number of Topliss-reactive ketones (excluding diaryl/α,β-unsaturated/α-hetero) is 1. The number of hydrogen-bond acceptors (Lipinski definition) is 6. The van der Waals surface area contributed by atoms with Gasteiger partial charge in [-0.3, -0.25) is 9.59 Å². The van der Waals surface area contributed by atoms with Gasteiger partial charge >= 0.3 is 0 Å². The van der Waals surface area contributed by atoms with Crippen LogP contribution in [0.1, 0.15) is 30.0 Å². The summed E-state index contributed by atoms with van der Waals surface area (Å²) in [7, 11) is 3.06. The molecule has 2 aliphatic heterocycles. The monoisotopic (exact) mass is 423 g/mol. The molecule has 1 amide bonds. The number of ether oxygens (including phenoxy) is 3. The number of carbonyl (C=O) groups is 2. The molecule has 2 aromatic rings. The Labute approximate surface area is 180 Å². The Kier molecular flexibility index (Phi) is 5.95. The molecular weight excluding hydrogens is 398 g/mol. The van der Waals surface area contributed by atoms with Crippen LogP contribution in [-0.2, 0) is 14.3 Å². The van der Waals surface area contributed by atoms with Gasteiger partial charge in [0.15, 0.2) is 0 Å². The highest BCUT2D eigenvalue weighted by Gasteiger charge is 2.48. The van der Waals surface area contributed by atoms with Crippen molar-refractivity contribution in [2.75, 3.05) is 27.4 Å². The van der Waals surface area contributed by atoms with Crippen LogP contribution in [0.5, 0.6) is 11.5 Å². The number of carbonyl (C=O) groups excluding carboxylic acids is 2. The third-order valence-electron chi connectivity index (χ3n) is 5.75. The molecule has 0 spiro atoms. The molecule has 2 aliphatic rings. The molecule has 2 aromatic carbocycles. The zero-order chi connectivity index (χ0) is 22.0. The van der Waals surface area contributed by atoms with Gasteiger partial charge in [-0.15, -0.1) is 0 Å². The van der Waals surface area contributed by atoms with Gasteiger partial charge in [0, 0.05) is 30.3 Å². The maximum Gasteiger partial charge on any atom is 0.295 e. The highest BCUT2D eigenvalue weighted by atomic mass is 16.5. The highest BCUT2D eigenvalue weighted by molar-refractivity contribution is 6.46. The number of hydrogen-bond donors (Lipinski definition) is 1. The van der Waals surface area contributed by atoms with E-state index in [1.54, 1.807) is 49.6 Å². The van der Waals surface area contributed by atoms with E-state index >= 15 is 0 Å². The summed E-state index contributed by atoms with van der Waals surface area (Å²) in [5, 5.41) is 11.1. The van der Waals surface area contributed by atoms with Gasteiger partial charge in [-0.1, -0.05) is 30.3 Å². The first kappa shape index (κ1) is 20.9. The molecule has 2 atom stereocenters. The number of likely N-dealkylation sites (tertiary alicyclic amines) is 1. The van der Waals surface area contributed by atoms with Crippen LogP contribution >= 0.6 is 0 Å². The van der Waals surface area contributed by atoms with Crippen LogP contribution in [0, 0.1) is 0 Å². The molecular formula is C24H25NO6. The van der Waals surface area contributed by atoms with Crippen LogP contribution in [0.4, 0.5) is 0 Å². The molecule has 7 heteroatoms. The SMILES string of the molecule is COc1ccc([C@H]2C(=C(O)c3ccccc3)C(=O)C(=O)N2C[C@@H]2CCCO2)c(OC)c1. The molecule has 0 radical (unpaired) electrons. The second kappa shape index (κ2) is 8.81. The van der Waals surface area contributed by atoms with Crippen LogP contribution in [0.3, 0.4) is 0 Å². The van der Waals surface area contributed by atoms with Gasteiger partial charge in [0.25, 0.3) is 11.7 Å². The van der Waals surface area contributed by atoms with E-state index in [1.165, 1.54) is 12.0 Å². The number of ketones is 1. The van der Waals surface area contributed by atoms with Gasteiger partial charge in [0.1, 0.15) is 17.3 Å². The first-order valence-corrected chi connectivity index (χ1v) is 10.2. The van der Waals surface area contributed by atoms with Crippen molar-refractivity contribution in [1.29, 1.82) is 0 Å². The Balaban J connectivity index is 1.87. The minimum atomic E-state index is -0.801. The predicted octanol–water partition coefficient (Wildman–Crippen LogP) is 3.30. The summed E-state index contributed by atoms with van der Waals surface area (Å²) in [6.07, 6.45) is 1.57. The Morgan fingerprint density at radius 1 is 1.13 bits per heavy atom. The van der Waals surface area contributed by atoms with Gasteiger partial charge in [0.05, 0.1) is 31.9 Å². The van der Waals surface area contributed by atoms with E-state index in [4.69, 9.17) is 14.2 Å². The fraction of sp³-hybridized carbons (Fsp3) is 0.333. The van der Waals surface area contributed by atoms with Gasteiger partial charge in [-0.2, -0.15) is 0 Å². The summed E-state index contributed by atoms with van der Waals surface area (Å²) >= 11 is 0. The first-order valence-electron chi connectivity index (χ1n) is 10.2. The topological polar surface area (TPSA) is 85.3 Å². The van der Waals surface area contributed by atoms with E-state index in [-0.39, 0.29) is 24.0 Å². The second-order valence-electron chi connectivity index (χ2n) is 7.56. The fourth-order valence-corrected chi connectivity index (χ4v) is 4.20. The van der Waals surface area contributed by atoms with E-state index in [2.05, 4.69) is 0 Å². The molecule has 2 fully saturated rings. The first-order chi connectivity index (χ1) is 15.0. The number of benzene rings is 2. The Hall–Kier alpha value is -3.32.